The van der Waals surface area contributed by atoms with Gasteiger partial charge in [-0.1, -0.05) is 41.9 Å². The molecule has 1 aliphatic heterocycles. The fraction of sp³-hybridized carbons (Fsp3) is 0.333. The Morgan fingerprint density at radius 3 is 2.89 bits per heavy atom. The molecule has 0 amide bonds. The van der Waals surface area contributed by atoms with Gasteiger partial charge >= 0.3 is 0 Å². The number of fused-ring (bicyclic) bond motifs is 1. The summed E-state index contributed by atoms with van der Waals surface area (Å²) in [5, 5.41) is 3.45. The number of anilines is 1. The van der Waals surface area contributed by atoms with Crippen LogP contribution in [0.2, 0.25) is 6.32 Å². The van der Waals surface area contributed by atoms with E-state index >= 15 is 0 Å². The van der Waals surface area contributed by atoms with Gasteiger partial charge in [0.15, 0.2) is 0 Å². The molecule has 0 atom stereocenters. The SMILES string of the molecule is FC1(F)CC=C(CB2C=Cc3ccccc3N2)CC1. The highest BCUT2D eigenvalue weighted by molar-refractivity contribution is 6.69. The third kappa shape index (κ3) is 2.88. The van der Waals surface area contributed by atoms with Crippen LogP contribution < -0.4 is 5.23 Å². The van der Waals surface area contributed by atoms with Gasteiger partial charge in [0.05, 0.1) is 0 Å². The summed E-state index contributed by atoms with van der Waals surface area (Å²) in [6, 6.07) is 8.13. The first-order valence-corrected chi connectivity index (χ1v) is 6.72. The lowest BCUT2D eigenvalue weighted by Gasteiger charge is -2.24. The third-order valence-electron chi connectivity index (χ3n) is 3.79. The summed E-state index contributed by atoms with van der Waals surface area (Å²) in [6.45, 7) is 0.216. The highest BCUT2D eigenvalue weighted by Crippen LogP contribution is 2.34. The Morgan fingerprint density at radius 1 is 1.26 bits per heavy atom. The van der Waals surface area contributed by atoms with Gasteiger partial charge in [-0.3, -0.25) is 0 Å². The Kier molecular flexibility index (Phi) is 3.17. The fourth-order valence-electron chi connectivity index (χ4n) is 2.67. The van der Waals surface area contributed by atoms with E-state index < -0.39 is 5.92 Å². The first-order valence-electron chi connectivity index (χ1n) is 6.72. The summed E-state index contributed by atoms with van der Waals surface area (Å²) >= 11 is 0. The second-order valence-electron chi connectivity index (χ2n) is 5.32. The van der Waals surface area contributed by atoms with Crippen LogP contribution in [0.4, 0.5) is 14.5 Å². The molecule has 0 aromatic heterocycles. The lowest BCUT2D eigenvalue weighted by molar-refractivity contribution is -0.00859. The topological polar surface area (TPSA) is 12.0 Å². The summed E-state index contributed by atoms with van der Waals surface area (Å²) in [6.07, 6.45) is 5.05. The second-order valence-corrected chi connectivity index (χ2v) is 5.32. The number of benzene rings is 1. The van der Waals surface area contributed by atoms with E-state index in [0.29, 0.717) is 6.42 Å². The minimum Gasteiger partial charge on any atom is -0.424 e. The third-order valence-corrected chi connectivity index (χ3v) is 3.79. The largest absolute Gasteiger partial charge is 0.424 e. The highest BCUT2D eigenvalue weighted by Gasteiger charge is 2.31. The van der Waals surface area contributed by atoms with E-state index in [1.54, 1.807) is 6.08 Å². The normalized spacial score (nSPS) is 20.5. The number of hydrogen-bond donors (Lipinski definition) is 1. The van der Waals surface area contributed by atoms with Gasteiger partial charge < -0.3 is 5.23 Å². The monoisotopic (exact) mass is 259 g/mol. The summed E-state index contributed by atoms with van der Waals surface area (Å²) in [7, 11) is 0. The molecule has 1 heterocycles. The Hall–Kier alpha value is -1.58. The Balaban J connectivity index is 1.66. The van der Waals surface area contributed by atoms with Crippen molar-refractivity contribution in [3.63, 3.8) is 0 Å². The number of nitrogens with one attached hydrogen (secondary N) is 1. The molecule has 0 saturated heterocycles. The van der Waals surface area contributed by atoms with Crippen molar-refractivity contribution in [2.24, 2.45) is 0 Å². The average Bonchev–Trinajstić information content (AvgIpc) is 2.41. The van der Waals surface area contributed by atoms with Crippen molar-refractivity contribution >= 4 is 18.6 Å². The van der Waals surface area contributed by atoms with Crippen LogP contribution in [0.1, 0.15) is 24.8 Å². The summed E-state index contributed by atoms with van der Waals surface area (Å²) in [5.74, 6) is -0.373. The molecule has 3 rings (SSSR count). The Bertz CT molecular complexity index is 537. The first kappa shape index (κ1) is 12.5. The Labute approximate surface area is 112 Å². The number of halogens is 2. The quantitative estimate of drug-likeness (QED) is 0.613. The zero-order chi connectivity index (χ0) is 13.3. The molecule has 0 spiro atoms. The maximum atomic E-state index is 13.1. The van der Waals surface area contributed by atoms with E-state index in [4.69, 9.17) is 0 Å². The average molecular weight is 259 g/mol. The Morgan fingerprint density at radius 2 is 2.11 bits per heavy atom. The van der Waals surface area contributed by atoms with E-state index in [0.717, 1.165) is 17.6 Å². The van der Waals surface area contributed by atoms with Gasteiger partial charge in [-0.25, -0.2) is 8.78 Å². The number of rotatable bonds is 2. The van der Waals surface area contributed by atoms with Gasteiger partial charge in [-0.2, -0.15) is 0 Å². The number of allylic oxidation sites excluding steroid dienone is 2. The molecular weight excluding hydrogens is 243 g/mol. The molecule has 4 heteroatoms. The fourth-order valence-corrected chi connectivity index (χ4v) is 2.67. The predicted molar refractivity (Wildman–Crippen MR) is 76.5 cm³/mol. The predicted octanol–water partition coefficient (Wildman–Crippen LogP) is 4.40. The number of hydrogen-bond acceptors (Lipinski definition) is 1. The molecule has 2 aliphatic rings. The number of alkyl halides is 2. The van der Waals surface area contributed by atoms with Gasteiger partial charge in [0, 0.05) is 18.5 Å². The zero-order valence-corrected chi connectivity index (χ0v) is 10.7. The van der Waals surface area contributed by atoms with Crippen LogP contribution in [0.5, 0.6) is 0 Å². The molecule has 1 nitrogen and oxygen atoms in total. The van der Waals surface area contributed by atoms with Crippen molar-refractivity contribution in [1.29, 1.82) is 0 Å². The van der Waals surface area contributed by atoms with Crippen LogP contribution in [0.15, 0.2) is 41.9 Å². The molecule has 19 heavy (non-hydrogen) atoms. The van der Waals surface area contributed by atoms with E-state index in [-0.39, 0.29) is 19.7 Å². The standard InChI is InChI=1S/C15H16BF2N/c17-15(18)8-5-12(6-9-15)11-16-10-7-13-3-1-2-4-14(13)19-16/h1-5,7,10,19H,6,8-9,11H2. The summed E-state index contributed by atoms with van der Waals surface area (Å²) in [4.78, 5) is 0. The molecule has 1 N–H and O–H groups in total. The molecule has 0 unspecified atom stereocenters. The molecule has 0 bridgehead atoms. The zero-order valence-electron chi connectivity index (χ0n) is 10.7. The molecule has 0 radical (unpaired) electrons. The van der Waals surface area contributed by atoms with Crippen LogP contribution >= 0.6 is 0 Å². The van der Waals surface area contributed by atoms with E-state index in [1.807, 2.05) is 12.1 Å². The maximum absolute atomic E-state index is 13.1. The molecule has 1 aromatic rings. The summed E-state index contributed by atoms with van der Waals surface area (Å²) in [5.41, 5.74) is 3.45. The van der Waals surface area contributed by atoms with Crippen LogP contribution in [0.3, 0.4) is 0 Å². The van der Waals surface area contributed by atoms with Gasteiger partial charge in [0.25, 0.3) is 12.8 Å². The highest BCUT2D eigenvalue weighted by atomic mass is 19.3. The van der Waals surface area contributed by atoms with Crippen molar-refractivity contribution in [2.45, 2.75) is 31.5 Å². The molecule has 1 aliphatic carbocycles. The van der Waals surface area contributed by atoms with Gasteiger partial charge in [0.1, 0.15) is 0 Å². The molecular formula is C15H16BF2N. The van der Waals surface area contributed by atoms with Crippen LogP contribution in [-0.4, -0.2) is 12.8 Å². The van der Waals surface area contributed by atoms with Crippen molar-refractivity contribution in [3.8, 4) is 0 Å². The smallest absolute Gasteiger partial charge is 0.282 e. The minimum atomic E-state index is -2.49. The molecule has 0 fully saturated rings. The van der Waals surface area contributed by atoms with Crippen molar-refractivity contribution < 1.29 is 8.78 Å². The van der Waals surface area contributed by atoms with Crippen molar-refractivity contribution in [3.05, 3.63) is 47.5 Å². The second kappa shape index (κ2) is 4.84. The summed E-state index contributed by atoms with van der Waals surface area (Å²) < 4.78 is 26.2. The minimum absolute atomic E-state index is 0.00808. The lowest BCUT2D eigenvalue weighted by atomic mass is 9.55. The van der Waals surface area contributed by atoms with Crippen LogP contribution in [0.25, 0.3) is 6.08 Å². The molecule has 98 valence electrons. The van der Waals surface area contributed by atoms with Crippen molar-refractivity contribution in [2.75, 3.05) is 5.23 Å². The van der Waals surface area contributed by atoms with Crippen molar-refractivity contribution in [1.82, 2.24) is 0 Å². The van der Waals surface area contributed by atoms with Gasteiger partial charge in [0.2, 0.25) is 0 Å². The van der Waals surface area contributed by atoms with Gasteiger partial charge in [-0.15, -0.1) is 0 Å². The van der Waals surface area contributed by atoms with E-state index in [9.17, 15) is 8.78 Å². The molecule has 0 saturated carbocycles. The molecule has 1 aromatic carbocycles. The lowest BCUT2D eigenvalue weighted by Crippen LogP contribution is -2.27. The van der Waals surface area contributed by atoms with E-state index in [1.165, 1.54) is 5.56 Å². The maximum Gasteiger partial charge on any atom is 0.282 e. The van der Waals surface area contributed by atoms with Crippen LogP contribution in [0, 0.1) is 0 Å². The number of para-hydroxylation sites is 1. The van der Waals surface area contributed by atoms with Crippen LogP contribution in [-0.2, 0) is 0 Å². The van der Waals surface area contributed by atoms with Gasteiger partial charge in [-0.05, 0) is 24.4 Å². The van der Waals surface area contributed by atoms with E-state index in [2.05, 4.69) is 29.4 Å². The first-order chi connectivity index (χ1) is 9.12.